The average Bonchev–Trinajstić information content (AvgIpc) is 2.17. The van der Waals surface area contributed by atoms with Crippen molar-refractivity contribution in [1.82, 2.24) is 0 Å². The molecule has 0 amide bonds. The summed E-state index contributed by atoms with van der Waals surface area (Å²) in [5.41, 5.74) is 4.75. The summed E-state index contributed by atoms with van der Waals surface area (Å²) < 4.78 is 1.10. The van der Waals surface area contributed by atoms with Gasteiger partial charge in [-0.15, -0.1) is 0 Å². The number of hydrogen-bond acceptors (Lipinski definition) is 1. The maximum Gasteiger partial charge on any atom is 0.0602 e. The molecule has 0 atom stereocenters. The van der Waals surface area contributed by atoms with Gasteiger partial charge in [0.25, 0.3) is 0 Å². The van der Waals surface area contributed by atoms with Crippen molar-refractivity contribution in [2.45, 2.75) is 26.2 Å². The quantitative estimate of drug-likeness (QED) is 0.725. The molecule has 1 nitrogen and oxygen atoms in total. The van der Waals surface area contributed by atoms with Gasteiger partial charge in [0.05, 0.1) is 5.69 Å². The third-order valence-corrected chi connectivity index (χ3v) is 3.36. The lowest BCUT2D eigenvalue weighted by molar-refractivity contribution is 0.590. The van der Waals surface area contributed by atoms with E-state index in [0.29, 0.717) is 0 Å². The maximum atomic E-state index is 3.91. The van der Waals surface area contributed by atoms with E-state index in [9.17, 15) is 0 Å². The zero-order chi connectivity index (χ0) is 11.9. The molecule has 1 aromatic carbocycles. The molecule has 0 saturated carbocycles. The van der Waals surface area contributed by atoms with Crippen molar-refractivity contribution in [1.29, 1.82) is 0 Å². The Balaban J connectivity index is 2.58. The van der Waals surface area contributed by atoms with Crippen LogP contribution in [0.4, 0.5) is 5.69 Å². The molecule has 0 saturated heterocycles. The Morgan fingerprint density at radius 3 is 2.50 bits per heavy atom. The van der Waals surface area contributed by atoms with Gasteiger partial charge in [-0.1, -0.05) is 33.4 Å². The Kier molecular flexibility index (Phi) is 2.70. The normalized spacial score (nSPS) is 14.6. The van der Waals surface area contributed by atoms with E-state index in [-0.39, 0.29) is 5.41 Å². The molecule has 2 heteroatoms. The topological polar surface area (TPSA) is 12.0 Å². The predicted molar refractivity (Wildman–Crippen MR) is 74.6 cm³/mol. The summed E-state index contributed by atoms with van der Waals surface area (Å²) >= 11 is 3.62. The van der Waals surface area contributed by atoms with Crippen LogP contribution in [-0.4, -0.2) is 0 Å². The highest BCUT2D eigenvalue weighted by Crippen LogP contribution is 2.36. The van der Waals surface area contributed by atoms with Crippen molar-refractivity contribution >= 4 is 27.7 Å². The highest BCUT2D eigenvalue weighted by atomic mass is 79.9. The molecule has 0 aromatic heterocycles. The van der Waals surface area contributed by atoms with E-state index in [4.69, 9.17) is 0 Å². The van der Waals surface area contributed by atoms with Gasteiger partial charge in [-0.2, -0.15) is 0 Å². The number of rotatable bonds is 0. The van der Waals surface area contributed by atoms with Gasteiger partial charge in [0, 0.05) is 10.2 Å². The number of fused-ring (bicyclic) bond motifs is 1. The zero-order valence-electron chi connectivity index (χ0n) is 9.89. The van der Waals surface area contributed by atoms with Crippen LogP contribution < -0.4 is 5.32 Å². The van der Waals surface area contributed by atoms with Crippen LogP contribution in [-0.2, 0) is 5.41 Å². The summed E-state index contributed by atoms with van der Waals surface area (Å²) in [5.74, 6) is 0. The maximum absolute atomic E-state index is 3.91. The lowest BCUT2D eigenvalue weighted by Crippen LogP contribution is -2.13. The van der Waals surface area contributed by atoms with Crippen LogP contribution in [0.25, 0.3) is 6.08 Å². The van der Waals surface area contributed by atoms with E-state index in [2.05, 4.69) is 66.8 Å². The number of hydrogen-bond donors (Lipinski definition) is 1. The molecule has 84 valence electrons. The van der Waals surface area contributed by atoms with Gasteiger partial charge in [-0.3, -0.25) is 0 Å². The van der Waals surface area contributed by atoms with E-state index in [1.54, 1.807) is 0 Å². The SMILES string of the molecule is C=C1C=Cc2cc(C(C)(C)C)cc(Br)c2N1. The van der Waals surface area contributed by atoms with E-state index in [1.807, 2.05) is 6.08 Å². The molecule has 1 aliphatic heterocycles. The van der Waals surface area contributed by atoms with Gasteiger partial charge in [-0.25, -0.2) is 0 Å². The molecular weight excluding hydrogens is 262 g/mol. The average molecular weight is 278 g/mol. The highest BCUT2D eigenvalue weighted by molar-refractivity contribution is 9.10. The summed E-state index contributed by atoms with van der Waals surface area (Å²) in [6.45, 7) is 10.6. The monoisotopic (exact) mass is 277 g/mol. The fourth-order valence-corrected chi connectivity index (χ4v) is 2.29. The van der Waals surface area contributed by atoms with Crippen molar-refractivity contribution in [3.05, 3.63) is 46.1 Å². The first-order valence-electron chi connectivity index (χ1n) is 5.36. The second-order valence-corrected chi connectivity index (χ2v) is 6.01. The smallest absolute Gasteiger partial charge is 0.0602 e. The Morgan fingerprint density at radius 2 is 1.88 bits per heavy atom. The summed E-state index contributed by atoms with van der Waals surface area (Å²) in [4.78, 5) is 0. The van der Waals surface area contributed by atoms with Crippen LogP contribution in [0.1, 0.15) is 31.9 Å². The second-order valence-electron chi connectivity index (χ2n) is 5.16. The number of benzene rings is 1. The Morgan fingerprint density at radius 1 is 1.19 bits per heavy atom. The van der Waals surface area contributed by atoms with Crippen LogP contribution in [0.5, 0.6) is 0 Å². The van der Waals surface area contributed by atoms with Crippen molar-refractivity contribution in [2.75, 3.05) is 5.32 Å². The minimum absolute atomic E-state index is 0.167. The van der Waals surface area contributed by atoms with Gasteiger partial charge >= 0.3 is 0 Å². The summed E-state index contributed by atoms with van der Waals surface area (Å²) in [7, 11) is 0. The molecule has 16 heavy (non-hydrogen) atoms. The number of allylic oxidation sites excluding steroid dienone is 1. The van der Waals surface area contributed by atoms with E-state index < -0.39 is 0 Å². The van der Waals surface area contributed by atoms with E-state index in [1.165, 1.54) is 11.1 Å². The molecule has 1 N–H and O–H groups in total. The number of nitrogens with one attached hydrogen (secondary N) is 1. The van der Waals surface area contributed by atoms with Crippen LogP contribution in [0, 0.1) is 0 Å². The molecule has 0 unspecified atom stereocenters. The molecule has 0 aliphatic carbocycles. The summed E-state index contributed by atoms with van der Waals surface area (Å²) in [6, 6.07) is 4.41. The summed E-state index contributed by atoms with van der Waals surface area (Å²) in [5, 5.41) is 3.28. The van der Waals surface area contributed by atoms with Gasteiger partial charge in [0.1, 0.15) is 0 Å². The molecule has 0 fully saturated rings. The Labute approximate surface area is 105 Å². The molecule has 2 rings (SSSR count). The first kappa shape index (κ1) is 11.5. The lowest BCUT2D eigenvalue weighted by Gasteiger charge is -2.24. The number of anilines is 1. The fraction of sp³-hybridized carbons (Fsp3) is 0.286. The Bertz CT molecular complexity index is 478. The van der Waals surface area contributed by atoms with Gasteiger partial charge in [0.2, 0.25) is 0 Å². The largest absolute Gasteiger partial charge is 0.355 e. The van der Waals surface area contributed by atoms with Crippen molar-refractivity contribution in [2.24, 2.45) is 0 Å². The van der Waals surface area contributed by atoms with Crippen LogP contribution in [0.3, 0.4) is 0 Å². The lowest BCUT2D eigenvalue weighted by atomic mass is 9.85. The summed E-state index contributed by atoms with van der Waals surface area (Å²) in [6.07, 6.45) is 4.11. The first-order chi connectivity index (χ1) is 7.38. The third-order valence-electron chi connectivity index (χ3n) is 2.74. The molecule has 0 spiro atoms. The molecule has 1 aliphatic rings. The van der Waals surface area contributed by atoms with Gasteiger partial charge in [0.15, 0.2) is 0 Å². The predicted octanol–water partition coefficient (Wildman–Crippen LogP) is 4.70. The molecular formula is C14H16BrN. The molecule has 0 bridgehead atoms. The molecule has 0 radical (unpaired) electrons. The zero-order valence-corrected chi connectivity index (χ0v) is 11.5. The van der Waals surface area contributed by atoms with E-state index >= 15 is 0 Å². The second kappa shape index (κ2) is 3.77. The molecule has 1 heterocycles. The van der Waals surface area contributed by atoms with Crippen LogP contribution in [0.15, 0.2) is 35.0 Å². The van der Waals surface area contributed by atoms with Crippen molar-refractivity contribution in [3.63, 3.8) is 0 Å². The molecule has 1 aromatic rings. The van der Waals surface area contributed by atoms with Crippen LogP contribution in [0.2, 0.25) is 0 Å². The highest BCUT2D eigenvalue weighted by Gasteiger charge is 2.18. The van der Waals surface area contributed by atoms with E-state index in [0.717, 1.165) is 15.9 Å². The van der Waals surface area contributed by atoms with Crippen molar-refractivity contribution in [3.8, 4) is 0 Å². The fourth-order valence-electron chi connectivity index (χ4n) is 1.72. The van der Waals surface area contributed by atoms with Gasteiger partial charge < -0.3 is 5.32 Å². The first-order valence-corrected chi connectivity index (χ1v) is 6.15. The van der Waals surface area contributed by atoms with Crippen molar-refractivity contribution < 1.29 is 0 Å². The van der Waals surface area contributed by atoms with Gasteiger partial charge in [-0.05, 0) is 50.7 Å². The third kappa shape index (κ3) is 2.07. The minimum Gasteiger partial charge on any atom is -0.355 e. The number of halogens is 1. The minimum atomic E-state index is 0.167. The Hall–Kier alpha value is -1.02. The standard InChI is InChI=1S/C14H16BrN/c1-9-5-6-10-7-11(14(2,3)4)8-12(15)13(10)16-9/h5-8,16H,1H2,2-4H3. The van der Waals surface area contributed by atoms with Crippen LogP contribution >= 0.6 is 15.9 Å².